The highest BCUT2D eigenvalue weighted by molar-refractivity contribution is 9.10. The van der Waals surface area contributed by atoms with Crippen LogP contribution in [0, 0.1) is 0 Å². The Morgan fingerprint density at radius 3 is 2.56 bits per heavy atom. The number of nitrogens with zero attached hydrogens (tertiary/aromatic N) is 5. The predicted octanol–water partition coefficient (Wildman–Crippen LogP) is 2.75. The highest BCUT2D eigenvalue weighted by Crippen LogP contribution is 2.30. The van der Waals surface area contributed by atoms with Gasteiger partial charge >= 0.3 is 6.18 Å². The first-order chi connectivity index (χ1) is 11.6. The van der Waals surface area contributed by atoms with E-state index in [9.17, 15) is 13.2 Å². The Morgan fingerprint density at radius 2 is 2.04 bits per heavy atom. The van der Waals surface area contributed by atoms with Gasteiger partial charge in [0, 0.05) is 62.9 Å². The van der Waals surface area contributed by atoms with Gasteiger partial charge in [-0.05, 0) is 22.0 Å². The van der Waals surface area contributed by atoms with E-state index >= 15 is 0 Å². The molecule has 0 aliphatic carbocycles. The number of aryl methyl sites for hydroxylation is 2. The van der Waals surface area contributed by atoms with Crippen molar-refractivity contribution in [2.75, 3.05) is 14.1 Å². The Kier molecular flexibility index (Phi) is 5.81. The minimum atomic E-state index is -4.48. The summed E-state index contributed by atoms with van der Waals surface area (Å²) in [5.74, 6) is 0.495. The Labute approximate surface area is 152 Å². The lowest BCUT2D eigenvalue weighted by Gasteiger charge is -2.22. The molecule has 0 saturated heterocycles. The molecule has 0 amide bonds. The van der Waals surface area contributed by atoms with Crippen LogP contribution in [0.5, 0.6) is 0 Å². The summed E-state index contributed by atoms with van der Waals surface area (Å²) in [5.41, 5.74) is 0.229. The van der Waals surface area contributed by atoms with Gasteiger partial charge in [0.15, 0.2) is 11.7 Å². The molecule has 0 bridgehead atoms. The molecule has 2 aromatic rings. The van der Waals surface area contributed by atoms with E-state index < -0.39 is 11.9 Å². The molecule has 0 aliphatic heterocycles. The topological polar surface area (TPSA) is 50.4 Å². The molecule has 2 heterocycles. The molecule has 0 aromatic carbocycles. The van der Waals surface area contributed by atoms with Gasteiger partial charge in [0.1, 0.15) is 0 Å². The fourth-order valence-corrected chi connectivity index (χ4v) is 3.08. The number of rotatable bonds is 4. The number of hydrogen-bond acceptors (Lipinski definition) is 2. The zero-order valence-corrected chi connectivity index (χ0v) is 16.0. The van der Waals surface area contributed by atoms with Crippen LogP contribution in [0.4, 0.5) is 13.2 Å². The van der Waals surface area contributed by atoms with Crippen LogP contribution in [0.1, 0.15) is 17.0 Å². The van der Waals surface area contributed by atoms with Crippen LogP contribution in [-0.2, 0) is 33.4 Å². The third-order valence-electron chi connectivity index (χ3n) is 3.66. The van der Waals surface area contributed by atoms with Crippen LogP contribution in [0.15, 0.2) is 27.9 Å². The van der Waals surface area contributed by atoms with E-state index in [0.717, 1.165) is 14.8 Å². The van der Waals surface area contributed by atoms with E-state index in [1.807, 2.05) is 35.8 Å². The maximum atomic E-state index is 13.0. The molecule has 138 valence electrons. The number of aliphatic imine (C=N–C) groups is 1. The first-order valence-corrected chi connectivity index (χ1v) is 8.23. The molecule has 10 heteroatoms. The molecule has 0 radical (unpaired) electrons. The summed E-state index contributed by atoms with van der Waals surface area (Å²) in [5, 5.41) is 6.46. The van der Waals surface area contributed by atoms with E-state index in [-0.39, 0.29) is 12.1 Å². The Hall–Kier alpha value is -1.97. The lowest BCUT2D eigenvalue weighted by atomic mass is 10.2. The minimum Gasteiger partial charge on any atom is -0.352 e. The number of nitrogens with one attached hydrogen (secondary N) is 1. The number of alkyl halides is 3. The van der Waals surface area contributed by atoms with Gasteiger partial charge in [0.2, 0.25) is 0 Å². The summed E-state index contributed by atoms with van der Waals surface area (Å²) in [4.78, 5) is 5.98. The quantitative estimate of drug-likeness (QED) is 0.610. The lowest BCUT2D eigenvalue weighted by Crippen LogP contribution is -2.38. The Bertz CT molecular complexity index is 762. The molecule has 0 unspecified atom stereocenters. The van der Waals surface area contributed by atoms with Gasteiger partial charge in [-0.2, -0.15) is 18.3 Å². The average molecular weight is 421 g/mol. The average Bonchev–Trinajstić information content (AvgIpc) is 3.02. The first-order valence-electron chi connectivity index (χ1n) is 7.44. The zero-order valence-electron chi connectivity index (χ0n) is 14.4. The summed E-state index contributed by atoms with van der Waals surface area (Å²) in [6.45, 7) is 0.539. The minimum absolute atomic E-state index is 0.0173. The Balaban J connectivity index is 2.07. The van der Waals surface area contributed by atoms with Crippen molar-refractivity contribution >= 4 is 21.9 Å². The summed E-state index contributed by atoms with van der Waals surface area (Å²) in [6, 6.07) is 1.98. The highest BCUT2D eigenvalue weighted by atomic mass is 79.9. The SMILES string of the molecule is CN=C(NCc1cn(C)nc1C(F)(F)F)N(C)Cc1cc(Br)cn1C. The van der Waals surface area contributed by atoms with Crippen molar-refractivity contribution in [1.82, 2.24) is 24.6 Å². The van der Waals surface area contributed by atoms with Gasteiger partial charge in [-0.1, -0.05) is 0 Å². The second-order valence-electron chi connectivity index (χ2n) is 5.69. The maximum absolute atomic E-state index is 13.0. The van der Waals surface area contributed by atoms with Crippen molar-refractivity contribution in [2.24, 2.45) is 19.1 Å². The number of aromatic nitrogens is 3. The van der Waals surface area contributed by atoms with Crippen molar-refractivity contribution < 1.29 is 13.2 Å². The van der Waals surface area contributed by atoms with Crippen molar-refractivity contribution in [1.29, 1.82) is 0 Å². The van der Waals surface area contributed by atoms with Crippen LogP contribution in [0.25, 0.3) is 0 Å². The lowest BCUT2D eigenvalue weighted by molar-refractivity contribution is -0.142. The Morgan fingerprint density at radius 1 is 1.36 bits per heavy atom. The van der Waals surface area contributed by atoms with Crippen LogP contribution in [0.3, 0.4) is 0 Å². The molecule has 1 N–H and O–H groups in total. The van der Waals surface area contributed by atoms with Gasteiger partial charge < -0.3 is 14.8 Å². The molecule has 6 nitrogen and oxygen atoms in total. The first kappa shape index (κ1) is 19.4. The number of halogens is 4. The monoisotopic (exact) mass is 420 g/mol. The van der Waals surface area contributed by atoms with Gasteiger partial charge in [0.25, 0.3) is 0 Å². The third kappa shape index (κ3) is 4.77. The van der Waals surface area contributed by atoms with Crippen LogP contribution in [0.2, 0.25) is 0 Å². The summed E-state index contributed by atoms with van der Waals surface area (Å²) >= 11 is 3.42. The maximum Gasteiger partial charge on any atom is 0.435 e. The molecule has 2 aromatic heterocycles. The van der Waals surface area contributed by atoms with E-state index in [1.54, 1.807) is 7.05 Å². The second kappa shape index (κ2) is 7.51. The van der Waals surface area contributed by atoms with Gasteiger partial charge in [-0.3, -0.25) is 9.67 Å². The fraction of sp³-hybridized carbons (Fsp3) is 0.467. The van der Waals surface area contributed by atoms with E-state index in [0.29, 0.717) is 12.5 Å². The summed E-state index contributed by atoms with van der Waals surface area (Å²) in [7, 11) is 6.81. The zero-order chi connectivity index (χ0) is 18.8. The fourth-order valence-electron chi connectivity index (χ4n) is 2.51. The van der Waals surface area contributed by atoms with Crippen molar-refractivity contribution in [3.05, 3.63) is 39.9 Å². The smallest absolute Gasteiger partial charge is 0.352 e. The molecule has 0 fully saturated rings. The predicted molar refractivity (Wildman–Crippen MR) is 93.0 cm³/mol. The number of hydrogen-bond donors (Lipinski definition) is 1. The molecule has 25 heavy (non-hydrogen) atoms. The standard InChI is InChI=1S/C15H20BrF3N6/c1-20-14(24(3)9-12-5-11(16)8-23(12)2)21-6-10-7-25(4)22-13(10)15(17,18)19/h5,7-8H,6,9H2,1-4H3,(H,20,21). The van der Waals surface area contributed by atoms with E-state index in [1.165, 1.54) is 13.2 Å². The molecule has 0 spiro atoms. The van der Waals surface area contributed by atoms with Crippen molar-refractivity contribution in [2.45, 2.75) is 19.3 Å². The van der Waals surface area contributed by atoms with E-state index in [2.05, 4.69) is 31.3 Å². The van der Waals surface area contributed by atoms with Gasteiger partial charge in [0.05, 0.1) is 6.54 Å². The van der Waals surface area contributed by atoms with E-state index in [4.69, 9.17) is 0 Å². The van der Waals surface area contributed by atoms with Gasteiger partial charge in [-0.15, -0.1) is 0 Å². The molecular weight excluding hydrogens is 401 g/mol. The molecule has 0 atom stereocenters. The van der Waals surface area contributed by atoms with Crippen LogP contribution >= 0.6 is 15.9 Å². The molecule has 2 rings (SSSR count). The van der Waals surface area contributed by atoms with Crippen LogP contribution < -0.4 is 5.32 Å². The van der Waals surface area contributed by atoms with Crippen molar-refractivity contribution in [3.8, 4) is 0 Å². The largest absolute Gasteiger partial charge is 0.435 e. The summed E-state index contributed by atoms with van der Waals surface area (Å²) < 4.78 is 43.1. The number of guanidine groups is 1. The van der Waals surface area contributed by atoms with Crippen LogP contribution in [-0.4, -0.2) is 39.3 Å². The molecular formula is C15H20BrF3N6. The third-order valence-corrected chi connectivity index (χ3v) is 4.09. The second-order valence-corrected chi connectivity index (χ2v) is 6.61. The van der Waals surface area contributed by atoms with Crippen molar-refractivity contribution in [3.63, 3.8) is 0 Å². The molecule has 0 saturated carbocycles. The molecule has 0 aliphatic rings. The highest BCUT2D eigenvalue weighted by Gasteiger charge is 2.36. The summed E-state index contributed by atoms with van der Waals surface area (Å²) in [6.07, 6.45) is -1.19. The normalized spacial score (nSPS) is 12.6. The van der Waals surface area contributed by atoms with Gasteiger partial charge in [-0.25, -0.2) is 0 Å².